The van der Waals surface area contributed by atoms with Crippen LogP contribution in [0.15, 0.2) is 78.6 Å². The van der Waals surface area contributed by atoms with Gasteiger partial charge in [0.15, 0.2) is 0 Å². The summed E-state index contributed by atoms with van der Waals surface area (Å²) in [5, 5.41) is 10.6. The van der Waals surface area contributed by atoms with Crippen LogP contribution in [0.2, 0.25) is 25.2 Å². The van der Waals surface area contributed by atoms with E-state index in [4.69, 9.17) is 37.0 Å². The molecule has 0 heterocycles. The summed E-state index contributed by atoms with van der Waals surface area (Å²) in [6.07, 6.45) is 2.47. The number of aliphatic hydroxyl groups excluding tert-OH is 1. The van der Waals surface area contributed by atoms with Crippen molar-refractivity contribution in [3.63, 3.8) is 0 Å². The number of nitrogens with one attached hydrogen (secondary N) is 1. The molecule has 0 saturated carbocycles. The second kappa shape index (κ2) is 41.3. The first-order valence-corrected chi connectivity index (χ1v) is 23.5. The van der Waals surface area contributed by atoms with Gasteiger partial charge in [-0.3, -0.25) is 0 Å². The third-order valence-corrected chi connectivity index (χ3v) is 12.8. The molecule has 0 bridgehead atoms. The number of hydrogen-bond donors (Lipinski definition) is 2. The van der Waals surface area contributed by atoms with Crippen molar-refractivity contribution in [2.45, 2.75) is 65.7 Å². The fourth-order valence-electron chi connectivity index (χ4n) is 2.97. The van der Waals surface area contributed by atoms with Crippen LogP contribution >= 0.6 is 0 Å². The Kier molecular flexibility index (Phi) is 44.0. The van der Waals surface area contributed by atoms with Gasteiger partial charge in [-0.25, -0.2) is 33.8 Å². The van der Waals surface area contributed by atoms with Crippen molar-refractivity contribution in [1.82, 2.24) is 5.32 Å². The molecule has 0 radical (unpaired) electrons. The Labute approximate surface area is 369 Å². The van der Waals surface area contributed by atoms with Gasteiger partial charge in [0.1, 0.15) is 13.2 Å². The molecular weight excluding hydrogens is 853 g/mol. The second-order valence-corrected chi connectivity index (χ2v) is 19.7. The molecule has 0 unspecified atom stereocenters. The van der Waals surface area contributed by atoms with Crippen molar-refractivity contribution < 1.29 is 84.7 Å². The number of aliphatic hydroxyl groups is 1. The molecule has 22 heteroatoms. The maximum absolute atomic E-state index is 11.2. The molecule has 0 aliphatic rings. The van der Waals surface area contributed by atoms with E-state index >= 15 is 0 Å². The Balaban J connectivity index is -0.000000226. The molecule has 0 aromatic carbocycles. The van der Waals surface area contributed by atoms with Gasteiger partial charge in [0.05, 0.1) is 13.1 Å². The highest BCUT2D eigenvalue weighted by Crippen LogP contribution is 2.14. The lowest BCUT2D eigenvalue weighted by Gasteiger charge is -2.22. The summed E-state index contributed by atoms with van der Waals surface area (Å²) >= 11 is 0. The van der Waals surface area contributed by atoms with E-state index in [1.165, 1.54) is 26.9 Å². The molecule has 20 nitrogen and oxygen atoms in total. The number of rotatable bonds is 25. The number of carbonyl (C=O) groups is 5. The molecule has 0 aromatic heterocycles. The minimum absolute atomic E-state index is 0.0273. The van der Waals surface area contributed by atoms with E-state index in [0.717, 1.165) is 38.1 Å². The molecule has 0 fully saturated rings. The van der Waals surface area contributed by atoms with E-state index in [0.29, 0.717) is 5.57 Å². The van der Waals surface area contributed by atoms with Gasteiger partial charge < -0.3 is 61.3 Å². The summed E-state index contributed by atoms with van der Waals surface area (Å²) in [4.78, 5) is 67.1. The number of ether oxygens (including phenoxy) is 7. The number of amides is 1. The molecule has 62 heavy (non-hydrogen) atoms. The van der Waals surface area contributed by atoms with Crippen LogP contribution in [0.5, 0.6) is 0 Å². The highest BCUT2D eigenvalue weighted by Gasteiger charge is 2.28. The Hall–Kier alpha value is -5.04. The zero-order valence-electron chi connectivity index (χ0n) is 38.6. The molecule has 0 atom stereocenters. The maximum atomic E-state index is 11.2. The molecule has 2 N–H and O–H groups in total. The van der Waals surface area contributed by atoms with Crippen LogP contribution in [-0.4, -0.2) is 140 Å². The summed E-state index contributed by atoms with van der Waals surface area (Å²) in [5.41, 5.74) is 0.958. The van der Waals surface area contributed by atoms with Crippen LogP contribution in [0, 0.1) is 0 Å². The maximum Gasteiger partial charge on any atom is 0.415 e. The summed E-state index contributed by atoms with van der Waals surface area (Å²) in [6, 6.07) is 1.99. The number of hydrogen-bond acceptors (Lipinski definition) is 19. The highest BCUT2D eigenvalue weighted by molar-refractivity contribution is 6.66. The van der Waals surface area contributed by atoms with Crippen LogP contribution in [0.25, 0.3) is 0 Å². The lowest BCUT2D eigenvalue weighted by Crippen LogP contribution is -2.36. The number of methoxy groups -OCH3 is 2. The smallest absolute Gasteiger partial charge is 0.415 e. The van der Waals surface area contributed by atoms with E-state index in [2.05, 4.69) is 81.8 Å². The van der Waals surface area contributed by atoms with E-state index in [1.54, 1.807) is 49.6 Å². The minimum Gasteiger partial charge on any atom is -0.481 e. The van der Waals surface area contributed by atoms with Gasteiger partial charge in [-0.15, -0.1) is 0 Å². The molecule has 0 aliphatic carbocycles. The van der Waals surface area contributed by atoms with Gasteiger partial charge in [0.25, 0.3) is 11.9 Å². The van der Waals surface area contributed by atoms with Gasteiger partial charge in [-0.05, 0) is 78.9 Å². The standard InChI is InChI=1S/C13H17NO6.C7H9NO3.2C7H18O3Si.C6H8O3/c1-8(2)11(15)18-7-6-14-13(17)20-10(5)19-12(16)9(3)4;1-6(2)7(10)11-4-3-8-5-9;2*1-8-6-5-7-11(4,9-2)10-3;1-4(2)6(8)9-5(3)7/h1,3,5-7H2,2,4H3,(H,14,17);1,3-4H2,2H3;2*5-7H2,1-4H3;7H,1,3H2,2H3. The topological polar surface area (TPSA) is 249 Å². The minimum atomic E-state index is -1.81. The van der Waals surface area contributed by atoms with E-state index in [1.807, 2.05) is 0 Å². The first kappa shape index (κ1) is 66.1. The normalized spacial score (nSPS) is 9.81. The van der Waals surface area contributed by atoms with Crippen molar-refractivity contribution in [2.75, 3.05) is 82.2 Å². The van der Waals surface area contributed by atoms with Gasteiger partial charge in [-0.2, -0.15) is 0 Å². The lowest BCUT2D eigenvalue weighted by molar-refractivity contribution is -0.140. The predicted molar refractivity (Wildman–Crippen MR) is 236 cm³/mol. The number of carbonyl (C=O) groups excluding carboxylic acids is 6. The fourth-order valence-corrected chi connectivity index (χ4v) is 5.69. The average molecular weight is 923 g/mol. The highest BCUT2D eigenvalue weighted by atomic mass is 28.4. The predicted octanol–water partition coefficient (Wildman–Crippen LogP) is 5.77. The zero-order valence-corrected chi connectivity index (χ0v) is 40.6. The van der Waals surface area contributed by atoms with Crippen LogP contribution < -0.4 is 5.32 Å². The van der Waals surface area contributed by atoms with E-state index in [-0.39, 0.29) is 43.0 Å². The van der Waals surface area contributed by atoms with E-state index < -0.39 is 59.0 Å². The number of nitrogens with zero attached hydrogens (tertiary/aromatic N) is 1. The van der Waals surface area contributed by atoms with Gasteiger partial charge in [0.2, 0.25) is 6.08 Å². The SMILES string of the molecule is C=C(C)C(=O)OCCN=C=O.C=C(O)OC(=O)C(=C)C.C=C(OC(=O)NCCOC(=O)C(=C)C)OC(=O)C(=C)C.COCCC[Si](C)(OC)OC.COCCC[Si](C)(OC)OC. The third kappa shape index (κ3) is 44.5. The van der Waals surface area contributed by atoms with Crippen molar-refractivity contribution in [3.05, 3.63) is 73.7 Å². The lowest BCUT2D eigenvalue weighted by atomic mass is 10.4. The Bertz CT molecular complexity index is 1450. The molecule has 1 amide bonds. The van der Waals surface area contributed by atoms with E-state index in [9.17, 15) is 28.8 Å². The summed E-state index contributed by atoms with van der Waals surface area (Å²) in [6.45, 7) is 31.5. The van der Waals surface area contributed by atoms with Crippen molar-refractivity contribution >= 4 is 53.2 Å². The largest absolute Gasteiger partial charge is 0.481 e. The first-order chi connectivity index (χ1) is 28.8. The third-order valence-electron chi connectivity index (χ3n) is 6.81. The number of isocyanates is 1. The second-order valence-electron chi connectivity index (χ2n) is 12.5. The molecule has 356 valence electrons. The van der Waals surface area contributed by atoms with Crippen LogP contribution in [0.4, 0.5) is 4.79 Å². The van der Waals surface area contributed by atoms with Gasteiger partial charge >= 0.3 is 47.1 Å². The molecule has 0 spiro atoms. The number of aliphatic imine (C=N–C) groups is 1. The van der Waals surface area contributed by atoms with Crippen molar-refractivity contribution in [3.8, 4) is 0 Å². The fraction of sp³-hybridized carbons (Fsp3) is 0.550. The average Bonchev–Trinajstić information content (AvgIpc) is 3.21. The summed E-state index contributed by atoms with van der Waals surface area (Å²) in [5.74, 6) is -3.52. The van der Waals surface area contributed by atoms with Gasteiger partial charge in [-0.1, -0.05) is 26.3 Å². The summed E-state index contributed by atoms with van der Waals surface area (Å²) < 4.78 is 53.6. The van der Waals surface area contributed by atoms with Gasteiger partial charge in [0, 0.05) is 78.2 Å². The molecule has 0 aliphatic heterocycles. The van der Waals surface area contributed by atoms with Crippen LogP contribution in [0.1, 0.15) is 40.5 Å². The quantitative estimate of drug-likeness (QED) is 0.0161. The Morgan fingerprint density at radius 2 is 0.952 bits per heavy atom. The molecule has 0 rings (SSSR count). The summed E-state index contributed by atoms with van der Waals surface area (Å²) in [7, 11) is 6.63. The monoisotopic (exact) mass is 922 g/mol. The molecular formula is C40H70N2O18Si2. The first-order valence-electron chi connectivity index (χ1n) is 18.5. The molecule has 0 saturated heterocycles. The Morgan fingerprint density at radius 3 is 1.26 bits per heavy atom. The number of esters is 4. The zero-order chi connectivity index (χ0) is 49.3. The van der Waals surface area contributed by atoms with Crippen molar-refractivity contribution in [1.29, 1.82) is 0 Å². The number of alkyl carbamates (subject to hydrolysis) is 1. The van der Waals surface area contributed by atoms with Crippen LogP contribution in [-0.2, 0) is 74.8 Å². The van der Waals surface area contributed by atoms with Crippen LogP contribution in [0.3, 0.4) is 0 Å². The molecule has 0 aromatic rings. The van der Waals surface area contributed by atoms with Crippen molar-refractivity contribution in [2.24, 2.45) is 4.99 Å². The Morgan fingerprint density at radius 1 is 0.581 bits per heavy atom.